The van der Waals surface area contributed by atoms with Crippen molar-refractivity contribution < 1.29 is 5.11 Å². The lowest BCUT2D eigenvalue weighted by atomic mass is 10.0. The smallest absolute Gasteiger partial charge is 0.0443 e. The minimum atomic E-state index is -0.149. The Labute approximate surface area is 78.4 Å². The minimum absolute atomic E-state index is 0.149. The van der Waals surface area contributed by atoms with Gasteiger partial charge in [0.25, 0.3) is 0 Å². The van der Waals surface area contributed by atoms with E-state index in [1.807, 2.05) is 18.2 Å². The highest BCUT2D eigenvalue weighted by molar-refractivity contribution is 5.31. The van der Waals surface area contributed by atoms with Crippen LogP contribution in [0.15, 0.2) is 30.3 Å². The molecule has 3 N–H and O–H groups in total. The van der Waals surface area contributed by atoms with E-state index < -0.39 is 0 Å². The first kappa shape index (κ1) is 8.73. The predicted molar refractivity (Wildman–Crippen MR) is 52.1 cm³/mol. The fourth-order valence-corrected chi connectivity index (χ4v) is 1.97. The Kier molecular flexibility index (Phi) is 2.10. The second-order valence-corrected chi connectivity index (χ2v) is 3.82. The van der Waals surface area contributed by atoms with Crippen molar-refractivity contribution in [2.45, 2.75) is 18.4 Å². The topological polar surface area (TPSA) is 46.2 Å². The Morgan fingerprint density at radius 1 is 1.38 bits per heavy atom. The van der Waals surface area contributed by atoms with Gasteiger partial charge in [-0.1, -0.05) is 30.3 Å². The molecule has 0 heterocycles. The summed E-state index contributed by atoms with van der Waals surface area (Å²) in [5, 5.41) is 8.80. The predicted octanol–water partition coefficient (Wildman–Crippen LogP) is 1.24. The van der Waals surface area contributed by atoms with Gasteiger partial charge in [0.05, 0.1) is 0 Å². The molecule has 1 aliphatic carbocycles. The second-order valence-electron chi connectivity index (χ2n) is 3.82. The van der Waals surface area contributed by atoms with Crippen LogP contribution >= 0.6 is 0 Å². The highest BCUT2D eigenvalue weighted by Crippen LogP contribution is 2.51. The molecule has 1 saturated carbocycles. The molecule has 2 heteroatoms. The first-order chi connectivity index (χ1) is 6.27. The lowest BCUT2D eigenvalue weighted by Crippen LogP contribution is -2.22. The normalized spacial score (nSPS) is 31.7. The van der Waals surface area contributed by atoms with Crippen LogP contribution in [-0.2, 0) is 5.54 Å². The highest BCUT2D eigenvalue weighted by Gasteiger charge is 2.51. The van der Waals surface area contributed by atoms with E-state index in [-0.39, 0.29) is 12.1 Å². The van der Waals surface area contributed by atoms with E-state index in [2.05, 4.69) is 12.1 Å². The van der Waals surface area contributed by atoms with Crippen molar-refractivity contribution in [3.63, 3.8) is 0 Å². The van der Waals surface area contributed by atoms with Crippen LogP contribution in [0.5, 0.6) is 0 Å². The van der Waals surface area contributed by atoms with Gasteiger partial charge >= 0.3 is 0 Å². The SMILES string of the molecule is N[C@]1(c2ccccc2)C[C@@H]1CCO. The molecule has 2 nitrogen and oxygen atoms in total. The fourth-order valence-electron chi connectivity index (χ4n) is 1.97. The third-order valence-electron chi connectivity index (χ3n) is 2.94. The van der Waals surface area contributed by atoms with Gasteiger partial charge in [0.15, 0.2) is 0 Å². The molecule has 1 aromatic rings. The van der Waals surface area contributed by atoms with Gasteiger partial charge < -0.3 is 10.8 Å². The molecule has 13 heavy (non-hydrogen) atoms. The third-order valence-corrected chi connectivity index (χ3v) is 2.94. The Morgan fingerprint density at radius 3 is 2.69 bits per heavy atom. The van der Waals surface area contributed by atoms with Crippen LogP contribution in [0.4, 0.5) is 0 Å². The van der Waals surface area contributed by atoms with Gasteiger partial charge in [0, 0.05) is 12.1 Å². The van der Waals surface area contributed by atoms with Crippen molar-refractivity contribution in [3.05, 3.63) is 35.9 Å². The lowest BCUT2D eigenvalue weighted by Gasteiger charge is -2.10. The number of benzene rings is 1. The largest absolute Gasteiger partial charge is 0.396 e. The molecule has 0 radical (unpaired) electrons. The number of hydrogen-bond acceptors (Lipinski definition) is 2. The summed E-state index contributed by atoms with van der Waals surface area (Å²) in [6.07, 6.45) is 1.84. The van der Waals surface area contributed by atoms with Gasteiger partial charge in [-0.2, -0.15) is 0 Å². The standard InChI is InChI=1S/C11H15NO/c12-11(8-10(11)6-7-13)9-4-2-1-3-5-9/h1-5,10,13H,6-8,12H2/t10-,11-/m0/s1. The first-order valence-electron chi connectivity index (χ1n) is 4.72. The zero-order valence-corrected chi connectivity index (χ0v) is 7.61. The molecule has 0 spiro atoms. The molecule has 0 aromatic heterocycles. The third kappa shape index (κ3) is 1.47. The summed E-state index contributed by atoms with van der Waals surface area (Å²) in [7, 11) is 0. The van der Waals surface area contributed by atoms with E-state index in [1.165, 1.54) is 5.56 Å². The number of nitrogens with two attached hydrogens (primary N) is 1. The van der Waals surface area contributed by atoms with E-state index in [9.17, 15) is 0 Å². The van der Waals surface area contributed by atoms with E-state index in [4.69, 9.17) is 10.8 Å². The number of aliphatic hydroxyl groups is 1. The van der Waals surface area contributed by atoms with Crippen LogP contribution in [0.1, 0.15) is 18.4 Å². The molecule has 0 amide bonds. The van der Waals surface area contributed by atoms with Crippen molar-refractivity contribution in [1.29, 1.82) is 0 Å². The molecule has 0 aliphatic heterocycles. The van der Waals surface area contributed by atoms with Crippen LogP contribution in [0.2, 0.25) is 0 Å². The van der Waals surface area contributed by atoms with Crippen molar-refractivity contribution in [2.75, 3.05) is 6.61 Å². The maximum absolute atomic E-state index is 8.80. The average Bonchev–Trinajstić information content (AvgIpc) is 2.81. The fraction of sp³-hybridized carbons (Fsp3) is 0.455. The lowest BCUT2D eigenvalue weighted by molar-refractivity contribution is 0.275. The van der Waals surface area contributed by atoms with Crippen molar-refractivity contribution in [1.82, 2.24) is 0 Å². The number of hydrogen-bond donors (Lipinski definition) is 2. The van der Waals surface area contributed by atoms with Gasteiger partial charge in [-0.3, -0.25) is 0 Å². The van der Waals surface area contributed by atoms with Gasteiger partial charge in [-0.15, -0.1) is 0 Å². The Hall–Kier alpha value is -0.860. The molecule has 0 saturated heterocycles. The maximum atomic E-state index is 8.80. The van der Waals surface area contributed by atoms with Crippen molar-refractivity contribution in [3.8, 4) is 0 Å². The van der Waals surface area contributed by atoms with Gasteiger partial charge in [-0.05, 0) is 24.3 Å². The molecule has 2 rings (SSSR count). The van der Waals surface area contributed by atoms with E-state index >= 15 is 0 Å². The second kappa shape index (κ2) is 3.13. The Morgan fingerprint density at radius 2 is 2.08 bits per heavy atom. The van der Waals surface area contributed by atoms with Crippen LogP contribution in [0.3, 0.4) is 0 Å². The van der Waals surface area contributed by atoms with E-state index in [0.717, 1.165) is 12.8 Å². The zero-order chi connectivity index (χ0) is 9.31. The Bertz CT molecular complexity index is 285. The molecular formula is C11H15NO. The van der Waals surface area contributed by atoms with Crippen molar-refractivity contribution in [2.24, 2.45) is 11.7 Å². The van der Waals surface area contributed by atoms with Gasteiger partial charge in [-0.25, -0.2) is 0 Å². The summed E-state index contributed by atoms with van der Waals surface area (Å²) in [4.78, 5) is 0. The summed E-state index contributed by atoms with van der Waals surface area (Å²) in [6.45, 7) is 0.246. The van der Waals surface area contributed by atoms with Crippen LogP contribution < -0.4 is 5.73 Å². The molecule has 70 valence electrons. The first-order valence-corrected chi connectivity index (χ1v) is 4.72. The summed E-state index contributed by atoms with van der Waals surface area (Å²) in [5.41, 5.74) is 7.24. The van der Waals surface area contributed by atoms with Crippen molar-refractivity contribution >= 4 is 0 Å². The molecular weight excluding hydrogens is 162 g/mol. The number of aliphatic hydroxyl groups excluding tert-OH is 1. The maximum Gasteiger partial charge on any atom is 0.0443 e. The van der Waals surface area contributed by atoms with Crippen LogP contribution in [0.25, 0.3) is 0 Å². The van der Waals surface area contributed by atoms with Crippen LogP contribution in [-0.4, -0.2) is 11.7 Å². The zero-order valence-electron chi connectivity index (χ0n) is 7.61. The molecule has 1 aliphatic rings. The minimum Gasteiger partial charge on any atom is -0.396 e. The molecule has 1 aromatic carbocycles. The van der Waals surface area contributed by atoms with Gasteiger partial charge in [0.1, 0.15) is 0 Å². The number of rotatable bonds is 3. The quantitative estimate of drug-likeness (QED) is 0.729. The average molecular weight is 177 g/mol. The summed E-state index contributed by atoms with van der Waals surface area (Å²) in [5.74, 6) is 0.472. The Balaban J connectivity index is 2.11. The summed E-state index contributed by atoms with van der Waals surface area (Å²) in [6, 6.07) is 10.2. The molecule has 2 atom stereocenters. The van der Waals surface area contributed by atoms with Gasteiger partial charge in [0.2, 0.25) is 0 Å². The molecule has 1 fully saturated rings. The van der Waals surface area contributed by atoms with E-state index in [0.29, 0.717) is 5.92 Å². The van der Waals surface area contributed by atoms with Crippen LogP contribution in [0, 0.1) is 5.92 Å². The summed E-state index contributed by atoms with van der Waals surface area (Å²) >= 11 is 0. The summed E-state index contributed by atoms with van der Waals surface area (Å²) < 4.78 is 0. The highest BCUT2D eigenvalue weighted by atomic mass is 16.3. The van der Waals surface area contributed by atoms with E-state index in [1.54, 1.807) is 0 Å². The molecule has 0 unspecified atom stereocenters. The monoisotopic (exact) mass is 177 g/mol. The molecule has 0 bridgehead atoms.